The highest BCUT2D eigenvalue weighted by Crippen LogP contribution is 2.46. The van der Waals surface area contributed by atoms with E-state index in [1.165, 1.54) is 10.5 Å². The molecule has 5 rings (SSSR count). The number of ether oxygens (including phenoxy) is 2. The van der Waals surface area contributed by atoms with Crippen LogP contribution in [0.2, 0.25) is 0 Å². The number of allylic oxidation sites excluding steroid dienone is 1. The number of phenolic OH excluding ortho intramolecular Hbond substituents is 1. The minimum absolute atomic E-state index is 0.0147. The van der Waals surface area contributed by atoms with Crippen molar-refractivity contribution in [2.24, 2.45) is 0 Å². The lowest BCUT2D eigenvalue weighted by Crippen LogP contribution is -2.55. The van der Waals surface area contributed by atoms with Gasteiger partial charge in [-0.1, -0.05) is 12.1 Å². The molecule has 0 spiro atoms. The van der Waals surface area contributed by atoms with Gasteiger partial charge in [0.15, 0.2) is 5.69 Å². The van der Waals surface area contributed by atoms with Crippen molar-refractivity contribution in [2.75, 3.05) is 31.2 Å². The SMILES string of the molecule is CC(C)(C)OC(=O)CN1CN(C(=O)OC(C)(C)C)c2cc([N+](O)(S)N3CCC(c4ccc(O)cc4)CC3)ccc2C1=C1CC1. The second-order valence-corrected chi connectivity index (χ2v) is 14.4. The summed E-state index contributed by atoms with van der Waals surface area (Å²) < 4.78 is 10.7. The molecule has 2 aromatic rings. The first-order valence-electron chi connectivity index (χ1n) is 15.2. The number of carbonyl (C=O) groups is 2. The van der Waals surface area contributed by atoms with Crippen LogP contribution in [0.25, 0.3) is 5.70 Å². The van der Waals surface area contributed by atoms with E-state index in [1.807, 2.05) is 75.7 Å². The second kappa shape index (κ2) is 11.9. The third kappa shape index (κ3) is 7.34. The highest BCUT2D eigenvalue weighted by Gasteiger charge is 2.42. The molecule has 10 nitrogen and oxygen atoms in total. The van der Waals surface area contributed by atoms with Crippen molar-refractivity contribution in [3.8, 4) is 5.75 Å². The summed E-state index contributed by atoms with van der Waals surface area (Å²) in [6.07, 6.45) is 2.91. The maximum atomic E-state index is 13.6. The molecule has 2 aliphatic heterocycles. The second-order valence-electron chi connectivity index (χ2n) is 13.9. The molecule has 238 valence electrons. The third-order valence-electron chi connectivity index (χ3n) is 7.92. The van der Waals surface area contributed by atoms with Gasteiger partial charge in [0.1, 0.15) is 43.0 Å². The van der Waals surface area contributed by atoms with Gasteiger partial charge in [-0.25, -0.2) is 4.79 Å². The fourth-order valence-corrected chi connectivity index (χ4v) is 6.15. The Morgan fingerprint density at radius 1 is 0.955 bits per heavy atom. The zero-order valence-corrected chi connectivity index (χ0v) is 27.4. The number of nitrogens with zero attached hydrogens (tertiary/aromatic N) is 4. The van der Waals surface area contributed by atoms with Gasteiger partial charge >= 0.3 is 12.1 Å². The van der Waals surface area contributed by atoms with E-state index in [4.69, 9.17) is 22.3 Å². The smallest absolute Gasteiger partial charge is 0.416 e. The van der Waals surface area contributed by atoms with Gasteiger partial charge in [-0.15, -0.1) is 5.01 Å². The standard InChI is InChI=1S/C33H44N4O6S/c1-32(2,3)42-29(39)20-34-21-36(31(40)43-33(4,5)6)28-19-25(11-14-27(28)30(34)24-7-8-24)37(41,44)35-17-15-23(16-18-35)22-9-12-26(38)13-10-22/h9-14,19,23,41,44H,7-8,15-18,20-21H2,1-6H3/p+1. The van der Waals surface area contributed by atoms with E-state index in [0.717, 1.165) is 42.5 Å². The van der Waals surface area contributed by atoms with Crippen LogP contribution in [0.3, 0.4) is 0 Å². The Labute approximate surface area is 265 Å². The van der Waals surface area contributed by atoms with Crippen molar-refractivity contribution >= 4 is 41.9 Å². The number of thiol groups is 1. The van der Waals surface area contributed by atoms with Gasteiger partial charge in [0.25, 0.3) is 0 Å². The number of phenols is 1. The van der Waals surface area contributed by atoms with Gasteiger partial charge in [-0.2, -0.15) is 5.21 Å². The van der Waals surface area contributed by atoms with Gasteiger partial charge in [0.05, 0.1) is 18.8 Å². The van der Waals surface area contributed by atoms with Gasteiger partial charge in [-0.05, 0) is 107 Å². The molecule has 1 unspecified atom stereocenters. The van der Waals surface area contributed by atoms with Crippen molar-refractivity contribution in [2.45, 2.75) is 84.3 Å². The predicted octanol–water partition coefficient (Wildman–Crippen LogP) is 6.59. The number of hydrogen-bond acceptors (Lipinski definition) is 9. The molecule has 0 radical (unpaired) electrons. The van der Waals surface area contributed by atoms with Crippen LogP contribution in [0.5, 0.6) is 5.75 Å². The Balaban J connectivity index is 1.44. The van der Waals surface area contributed by atoms with Crippen molar-refractivity contribution in [1.82, 2.24) is 14.1 Å². The number of quaternary nitrogens is 1. The summed E-state index contributed by atoms with van der Waals surface area (Å²) in [5.41, 5.74) is 3.80. The van der Waals surface area contributed by atoms with Crippen LogP contribution < -0.4 is 9.06 Å². The molecule has 0 aromatic heterocycles. The topological polar surface area (TPSA) is 103 Å². The minimum Gasteiger partial charge on any atom is -0.508 e. The predicted molar refractivity (Wildman–Crippen MR) is 173 cm³/mol. The van der Waals surface area contributed by atoms with E-state index in [-0.39, 0.29) is 24.9 Å². The number of esters is 1. The zero-order valence-electron chi connectivity index (χ0n) is 26.5. The lowest BCUT2D eigenvalue weighted by Gasteiger charge is -2.41. The van der Waals surface area contributed by atoms with Crippen LogP contribution >= 0.6 is 12.8 Å². The monoisotopic (exact) mass is 625 g/mol. The van der Waals surface area contributed by atoms with Crippen LogP contribution in [0.15, 0.2) is 48.0 Å². The maximum Gasteiger partial charge on any atom is 0.416 e. The molecule has 1 atom stereocenters. The van der Waals surface area contributed by atoms with Gasteiger partial charge in [0.2, 0.25) is 0 Å². The average molecular weight is 626 g/mol. The Hall–Kier alpha value is -3.25. The zero-order chi connectivity index (χ0) is 32.0. The largest absolute Gasteiger partial charge is 0.508 e. The molecule has 2 fully saturated rings. The number of amides is 1. The molecule has 1 saturated carbocycles. The fourth-order valence-electron chi connectivity index (χ4n) is 5.85. The fraction of sp³-hybridized carbons (Fsp3) is 0.515. The van der Waals surface area contributed by atoms with Crippen LogP contribution in [0.1, 0.15) is 84.3 Å². The van der Waals surface area contributed by atoms with E-state index in [0.29, 0.717) is 30.4 Å². The third-order valence-corrected chi connectivity index (χ3v) is 8.40. The number of carbonyl (C=O) groups excluding carboxylic acids is 2. The number of hydrogen-bond donors (Lipinski definition) is 3. The summed E-state index contributed by atoms with van der Waals surface area (Å²) in [7, 11) is 0. The van der Waals surface area contributed by atoms with Crippen LogP contribution in [0, 0.1) is 0 Å². The normalized spacial score (nSPS) is 19.4. The highest BCUT2D eigenvalue weighted by atomic mass is 32.1. The summed E-state index contributed by atoms with van der Waals surface area (Å²) in [5, 5.41) is 23.3. The molecule has 11 heteroatoms. The highest BCUT2D eigenvalue weighted by molar-refractivity contribution is 7.79. The van der Waals surface area contributed by atoms with E-state index in [2.05, 4.69) is 0 Å². The Kier molecular flexibility index (Phi) is 8.71. The molecule has 2 aromatic carbocycles. The molecule has 2 heterocycles. The number of rotatable bonds is 5. The molecule has 1 saturated heterocycles. The molecule has 44 heavy (non-hydrogen) atoms. The summed E-state index contributed by atoms with van der Waals surface area (Å²) in [6, 6.07) is 12.8. The number of anilines is 1. The van der Waals surface area contributed by atoms with E-state index in [9.17, 15) is 19.9 Å². The number of fused-ring (bicyclic) bond motifs is 1. The molecule has 1 amide bonds. The number of benzene rings is 2. The maximum absolute atomic E-state index is 13.6. The first kappa shape index (κ1) is 32.2. The van der Waals surface area contributed by atoms with Crippen molar-refractivity contribution < 1.29 is 29.4 Å². The molecule has 3 aliphatic rings. The summed E-state index contributed by atoms with van der Waals surface area (Å²) in [4.78, 5) is 30.0. The van der Waals surface area contributed by atoms with Gasteiger partial charge in [0, 0.05) is 23.4 Å². The summed E-state index contributed by atoms with van der Waals surface area (Å²) in [5.74, 6) is 0.182. The van der Waals surface area contributed by atoms with E-state index < -0.39 is 21.5 Å². The summed E-state index contributed by atoms with van der Waals surface area (Å²) >= 11 is 4.71. The van der Waals surface area contributed by atoms with Crippen molar-refractivity contribution in [3.63, 3.8) is 0 Å². The number of aromatic hydroxyl groups is 1. The lowest BCUT2D eigenvalue weighted by atomic mass is 9.90. The van der Waals surface area contributed by atoms with Crippen LogP contribution in [-0.2, 0) is 14.3 Å². The molecular formula is C33H45N4O6S+. The molecule has 0 bridgehead atoms. The van der Waals surface area contributed by atoms with Crippen molar-refractivity contribution in [3.05, 3.63) is 59.2 Å². The first-order valence-corrected chi connectivity index (χ1v) is 15.6. The van der Waals surface area contributed by atoms with Gasteiger partial charge in [-0.3, -0.25) is 9.69 Å². The van der Waals surface area contributed by atoms with E-state index >= 15 is 0 Å². The summed E-state index contributed by atoms with van der Waals surface area (Å²) in [6.45, 7) is 12.2. The molecular weight excluding hydrogens is 580 g/mol. The number of piperidine rings is 1. The Morgan fingerprint density at radius 2 is 1.57 bits per heavy atom. The first-order chi connectivity index (χ1) is 20.5. The van der Waals surface area contributed by atoms with Crippen LogP contribution in [-0.4, -0.2) is 69.8 Å². The van der Waals surface area contributed by atoms with E-state index in [1.54, 1.807) is 18.2 Å². The Bertz CT molecular complexity index is 1430. The molecule has 2 N–H and O–H groups in total. The molecule has 1 aliphatic carbocycles. The van der Waals surface area contributed by atoms with Crippen molar-refractivity contribution in [1.29, 1.82) is 0 Å². The quantitative estimate of drug-likeness (QED) is 0.148. The minimum atomic E-state index is -0.759. The average Bonchev–Trinajstić information content (AvgIpc) is 3.76. The van der Waals surface area contributed by atoms with Gasteiger partial charge < -0.3 is 19.5 Å². The lowest BCUT2D eigenvalue weighted by molar-refractivity contribution is -0.155. The Morgan fingerprint density at radius 3 is 2.14 bits per heavy atom. The van der Waals surface area contributed by atoms with Crippen LogP contribution in [0.4, 0.5) is 16.2 Å².